The lowest BCUT2D eigenvalue weighted by atomic mass is 10.1. The van der Waals surface area contributed by atoms with Crippen LogP contribution in [0.2, 0.25) is 0 Å². The van der Waals surface area contributed by atoms with Crippen LogP contribution < -0.4 is 11.1 Å². The van der Waals surface area contributed by atoms with Crippen LogP contribution in [0.5, 0.6) is 0 Å². The fraction of sp³-hybridized carbons (Fsp3) is 0.500. The lowest BCUT2D eigenvalue weighted by Crippen LogP contribution is -2.47. The average molecular weight is 358 g/mol. The van der Waals surface area contributed by atoms with Crippen molar-refractivity contribution in [3.05, 3.63) is 23.8 Å². The number of aryl methyl sites for hydroxylation is 1. The van der Waals surface area contributed by atoms with Gasteiger partial charge in [-0.3, -0.25) is 9.59 Å². The molecule has 2 amide bonds. The average Bonchev–Trinajstić information content (AvgIpc) is 3.06. The molecule has 4 rings (SSSR count). The number of benzene rings is 1. The first kappa shape index (κ1) is 16.5. The molecule has 2 heterocycles. The van der Waals surface area contributed by atoms with Crippen molar-refractivity contribution in [1.29, 1.82) is 0 Å². The number of rotatable bonds is 4. The number of nitrogens with zero attached hydrogens (tertiary/aromatic N) is 2. The highest BCUT2D eigenvalue weighted by Crippen LogP contribution is 2.47. The van der Waals surface area contributed by atoms with Crippen LogP contribution >= 0.6 is 11.3 Å². The third kappa shape index (κ3) is 2.91. The lowest BCUT2D eigenvalue weighted by molar-refractivity contribution is -0.141. The molecule has 1 aliphatic heterocycles. The molecule has 1 aromatic heterocycles. The van der Waals surface area contributed by atoms with Crippen LogP contribution in [-0.4, -0.2) is 40.8 Å². The fourth-order valence-corrected chi connectivity index (χ4v) is 4.48. The molecule has 1 atom stereocenters. The van der Waals surface area contributed by atoms with Crippen LogP contribution in [-0.2, 0) is 9.59 Å². The fourth-order valence-electron chi connectivity index (χ4n) is 3.52. The second kappa shape index (κ2) is 6.07. The van der Waals surface area contributed by atoms with Gasteiger partial charge in [0.2, 0.25) is 11.8 Å². The Kier molecular flexibility index (Phi) is 4.00. The van der Waals surface area contributed by atoms with Gasteiger partial charge in [0, 0.05) is 13.1 Å². The zero-order chi connectivity index (χ0) is 17.6. The van der Waals surface area contributed by atoms with Crippen molar-refractivity contribution in [3.8, 4) is 0 Å². The second-order valence-electron chi connectivity index (χ2n) is 7.12. The lowest BCUT2D eigenvalue weighted by Gasteiger charge is -2.27. The molecule has 1 saturated carbocycles. The molecule has 6 nitrogen and oxygen atoms in total. The van der Waals surface area contributed by atoms with Crippen LogP contribution in [0.25, 0.3) is 10.2 Å². The molecule has 1 aromatic carbocycles. The van der Waals surface area contributed by atoms with Gasteiger partial charge < -0.3 is 16.0 Å². The largest absolute Gasteiger partial charge is 0.330 e. The van der Waals surface area contributed by atoms with Crippen LogP contribution in [0, 0.1) is 12.3 Å². The van der Waals surface area contributed by atoms with Gasteiger partial charge in [0.25, 0.3) is 0 Å². The summed E-state index contributed by atoms with van der Waals surface area (Å²) in [4.78, 5) is 31.7. The summed E-state index contributed by atoms with van der Waals surface area (Å²) < 4.78 is 1.05. The Morgan fingerprint density at radius 1 is 1.44 bits per heavy atom. The van der Waals surface area contributed by atoms with E-state index in [4.69, 9.17) is 5.73 Å². The van der Waals surface area contributed by atoms with Crippen LogP contribution in [0.15, 0.2) is 18.2 Å². The number of aromatic nitrogens is 1. The maximum absolute atomic E-state index is 12.8. The Labute approximate surface area is 150 Å². The van der Waals surface area contributed by atoms with Crippen molar-refractivity contribution in [2.24, 2.45) is 11.1 Å². The Hall–Kier alpha value is -1.99. The number of nitrogens with one attached hydrogen (secondary N) is 1. The van der Waals surface area contributed by atoms with Gasteiger partial charge in [-0.15, -0.1) is 0 Å². The number of hydrogen-bond donors (Lipinski definition) is 2. The van der Waals surface area contributed by atoms with E-state index < -0.39 is 11.5 Å². The number of carbonyl (C=O) groups is 2. The number of likely N-dealkylation sites (tertiary alicyclic amines) is 1. The summed E-state index contributed by atoms with van der Waals surface area (Å²) in [5, 5.41) is 3.50. The molecule has 132 valence electrons. The number of thiazole rings is 1. The van der Waals surface area contributed by atoms with Crippen molar-refractivity contribution in [1.82, 2.24) is 9.88 Å². The second-order valence-corrected chi connectivity index (χ2v) is 8.15. The SMILES string of the molecule is Cc1ccc2nc(NC(=O)[C@H]3CCCN3C(=O)C3(CN)CC3)sc2c1. The van der Waals surface area contributed by atoms with E-state index in [1.54, 1.807) is 4.90 Å². The van der Waals surface area contributed by atoms with Crippen molar-refractivity contribution >= 4 is 38.5 Å². The molecule has 0 spiro atoms. The summed E-state index contributed by atoms with van der Waals surface area (Å²) in [6.07, 6.45) is 3.22. The van der Waals surface area contributed by atoms with E-state index in [1.807, 2.05) is 19.1 Å². The molecule has 7 heteroatoms. The number of amides is 2. The van der Waals surface area contributed by atoms with Crippen molar-refractivity contribution in [2.45, 2.75) is 38.6 Å². The summed E-state index contributed by atoms with van der Waals surface area (Å²) in [6.45, 7) is 3.04. The molecule has 0 bridgehead atoms. The Morgan fingerprint density at radius 2 is 2.24 bits per heavy atom. The Morgan fingerprint density at radius 3 is 2.96 bits per heavy atom. The zero-order valence-corrected chi connectivity index (χ0v) is 15.1. The maximum Gasteiger partial charge on any atom is 0.248 e. The molecule has 3 N–H and O–H groups in total. The van der Waals surface area contributed by atoms with Gasteiger partial charge in [-0.1, -0.05) is 17.4 Å². The summed E-state index contributed by atoms with van der Waals surface area (Å²) in [5.41, 5.74) is 7.42. The highest BCUT2D eigenvalue weighted by Gasteiger charge is 2.52. The van der Waals surface area contributed by atoms with E-state index in [9.17, 15) is 9.59 Å². The van der Waals surface area contributed by atoms with Gasteiger partial charge >= 0.3 is 0 Å². The molecular formula is C18H22N4O2S. The maximum atomic E-state index is 12.8. The molecule has 25 heavy (non-hydrogen) atoms. The van der Waals surface area contributed by atoms with E-state index in [0.717, 1.165) is 35.0 Å². The molecule has 2 aromatic rings. The minimum Gasteiger partial charge on any atom is -0.330 e. The van der Waals surface area contributed by atoms with Crippen molar-refractivity contribution in [3.63, 3.8) is 0 Å². The quantitative estimate of drug-likeness (QED) is 0.877. The van der Waals surface area contributed by atoms with E-state index in [0.29, 0.717) is 24.6 Å². The summed E-state index contributed by atoms with van der Waals surface area (Å²) >= 11 is 1.46. The third-order valence-corrected chi connectivity index (χ3v) is 6.22. The Balaban J connectivity index is 1.50. The highest BCUT2D eigenvalue weighted by molar-refractivity contribution is 7.22. The molecule has 0 radical (unpaired) electrons. The zero-order valence-electron chi connectivity index (χ0n) is 14.2. The van der Waals surface area contributed by atoms with E-state index in [-0.39, 0.29) is 11.8 Å². The number of nitrogens with two attached hydrogens (primary N) is 1. The van der Waals surface area contributed by atoms with Crippen LogP contribution in [0.1, 0.15) is 31.2 Å². The van der Waals surface area contributed by atoms with Gasteiger partial charge in [0.15, 0.2) is 5.13 Å². The van der Waals surface area contributed by atoms with E-state index in [1.165, 1.54) is 11.3 Å². The first-order valence-corrected chi connectivity index (χ1v) is 9.53. The first-order chi connectivity index (χ1) is 12.0. The first-order valence-electron chi connectivity index (χ1n) is 8.72. The predicted octanol–water partition coefficient (Wildman–Crippen LogP) is 2.27. The number of fused-ring (bicyclic) bond motifs is 1. The standard InChI is InChI=1S/C18H22N4O2S/c1-11-4-5-12-14(9-11)25-17(20-12)21-15(23)13-3-2-8-22(13)16(24)18(10-19)6-7-18/h4-5,9,13H,2-3,6-8,10,19H2,1H3,(H,20,21,23)/t13-/m1/s1. The number of hydrogen-bond acceptors (Lipinski definition) is 5. The third-order valence-electron chi connectivity index (χ3n) is 5.29. The molecule has 2 aliphatic rings. The van der Waals surface area contributed by atoms with Crippen LogP contribution in [0.3, 0.4) is 0 Å². The van der Waals surface area contributed by atoms with E-state index >= 15 is 0 Å². The monoisotopic (exact) mass is 358 g/mol. The van der Waals surface area contributed by atoms with Gasteiger partial charge in [-0.05, 0) is 50.3 Å². The topological polar surface area (TPSA) is 88.3 Å². The van der Waals surface area contributed by atoms with E-state index in [2.05, 4.69) is 16.4 Å². The van der Waals surface area contributed by atoms with Gasteiger partial charge in [0.1, 0.15) is 6.04 Å². The number of anilines is 1. The van der Waals surface area contributed by atoms with Gasteiger partial charge in [-0.2, -0.15) is 0 Å². The van der Waals surface area contributed by atoms with Gasteiger partial charge in [0.05, 0.1) is 15.6 Å². The molecule has 1 aliphatic carbocycles. The highest BCUT2D eigenvalue weighted by atomic mass is 32.1. The van der Waals surface area contributed by atoms with Gasteiger partial charge in [-0.25, -0.2) is 4.98 Å². The minimum atomic E-state index is -0.412. The molecule has 1 saturated heterocycles. The minimum absolute atomic E-state index is 0.0487. The summed E-state index contributed by atoms with van der Waals surface area (Å²) in [7, 11) is 0. The Bertz CT molecular complexity index is 843. The van der Waals surface area contributed by atoms with Crippen LogP contribution in [0.4, 0.5) is 5.13 Å². The number of carbonyl (C=O) groups excluding carboxylic acids is 2. The van der Waals surface area contributed by atoms with Crippen molar-refractivity contribution in [2.75, 3.05) is 18.4 Å². The predicted molar refractivity (Wildman–Crippen MR) is 98.4 cm³/mol. The molecular weight excluding hydrogens is 336 g/mol. The van der Waals surface area contributed by atoms with Crippen molar-refractivity contribution < 1.29 is 9.59 Å². The molecule has 0 unspecified atom stereocenters. The normalized spacial score (nSPS) is 21.5. The summed E-state index contributed by atoms with van der Waals surface area (Å²) in [5.74, 6) is -0.0953. The summed E-state index contributed by atoms with van der Waals surface area (Å²) in [6, 6.07) is 5.62. The molecule has 2 fully saturated rings. The smallest absolute Gasteiger partial charge is 0.248 e.